The lowest BCUT2D eigenvalue weighted by atomic mass is 10.1. The van der Waals surface area contributed by atoms with Crippen molar-refractivity contribution in [3.63, 3.8) is 0 Å². The van der Waals surface area contributed by atoms with Crippen molar-refractivity contribution >= 4 is 17.5 Å². The van der Waals surface area contributed by atoms with Gasteiger partial charge in [-0.05, 0) is 38.8 Å². The largest absolute Gasteiger partial charge is 0.354 e. The summed E-state index contributed by atoms with van der Waals surface area (Å²) < 4.78 is 1.90. The summed E-state index contributed by atoms with van der Waals surface area (Å²) in [5.41, 5.74) is 1.97. The van der Waals surface area contributed by atoms with Gasteiger partial charge in [-0.3, -0.25) is 24.4 Å². The summed E-state index contributed by atoms with van der Waals surface area (Å²) in [6, 6.07) is 6.60. The van der Waals surface area contributed by atoms with Crippen LogP contribution in [0.4, 0.5) is 5.69 Å². The van der Waals surface area contributed by atoms with E-state index in [1.807, 2.05) is 31.5 Å². The summed E-state index contributed by atoms with van der Waals surface area (Å²) >= 11 is 0. The van der Waals surface area contributed by atoms with Crippen molar-refractivity contribution in [1.82, 2.24) is 20.4 Å². The van der Waals surface area contributed by atoms with Crippen molar-refractivity contribution in [2.24, 2.45) is 5.92 Å². The number of amides is 2. The molecule has 0 saturated heterocycles. The number of non-ortho nitro benzene ring substituents is 1. The smallest absolute Gasteiger partial charge is 0.270 e. The molecule has 0 saturated carbocycles. The Morgan fingerprint density at radius 2 is 1.96 bits per heavy atom. The van der Waals surface area contributed by atoms with Gasteiger partial charge < -0.3 is 10.6 Å². The Kier molecular flexibility index (Phi) is 6.86. The molecule has 28 heavy (non-hydrogen) atoms. The molecule has 9 heteroatoms. The topological polar surface area (TPSA) is 119 Å². The third kappa shape index (κ3) is 5.63. The van der Waals surface area contributed by atoms with E-state index in [1.54, 1.807) is 6.92 Å². The van der Waals surface area contributed by atoms with Crippen LogP contribution in [0.3, 0.4) is 0 Å². The Morgan fingerprint density at radius 3 is 2.57 bits per heavy atom. The van der Waals surface area contributed by atoms with E-state index in [0.29, 0.717) is 13.1 Å². The van der Waals surface area contributed by atoms with E-state index in [1.165, 1.54) is 24.3 Å². The fraction of sp³-hybridized carbons (Fsp3) is 0.421. The normalized spacial score (nSPS) is 12.9. The first-order valence-corrected chi connectivity index (χ1v) is 9.01. The molecule has 2 N–H and O–H groups in total. The Balaban J connectivity index is 1.85. The maximum atomic E-state index is 12.3. The quantitative estimate of drug-likeness (QED) is 0.530. The van der Waals surface area contributed by atoms with E-state index in [0.717, 1.165) is 11.4 Å². The first-order chi connectivity index (χ1) is 13.2. The van der Waals surface area contributed by atoms with Gasteiger partial charge in [-0.25, -0.2) is 0 Å². The first kappa shape index (κ1) is 21.1. The fourth-order valence-corrected chi connectivity index (χ4v) is 2.75. The van der Waals surface area contributed by atoms with Crippen LogP contribution < -0.4 is 10.6 Å². The molecule has 0 bridgehead atoms. The Morgan fingerprint density at radius 1 is 1.25 bits per heavy atom. The third-order valence-corrected chi connectivity index (χ3v) is 4.27. The monoisotopic (exact) mass is 387 g/mol. The molecule has 0 aliphatic rings. The second-order valence-electron chi connectivity index (χ2n) is 6.96. The van der Waals surface area contributed by atoms with Gasteiger partial charge in [-0.15, -0.1) is 0 Å². The van der Waals surface area contributed by atoms with Crippen LogP contribution >= 0.6 is 0 Å². The van der Waals surface area contributed by atoms with Gasteiger partial charge in [0, 0.05) is 36.5 Å². The molecule has 2 rings (SSSR count). The lowest BCUT2D eigenvalue weighted by Gasteiger charge is -2.17. The lowest BCUT2D eigenvalue weighted by molar-refractivity contribution is -0.384. The number of nitrogens with one attached hydrogen (secondary N) is 2. The number of nitrogens with zero attached hydrogens (tertiary/aromatic N) is 3. The highest BCUT2D eigenvalue weighted by molar-refractivity contribution is 5.97. The van der Waals surface area contributed by atoms with Gasteiger partial charge >= 0.3 is 0 Å². The molecule has 9 nitrogen and oxygen atoms in total. The number of benzene rings is 1. The maximum absolute atomic E-state index is 12.3. The highest BCUT2D eigenvalue weighted by Crippen LogP contribution is 2.13. The first-order valence-electron chi connectivity index (χ1n) is 9.01. The molecule has 0 spiro atoms. The van der Waals surface area contributed by atoms with Crippen LogP contribution in [0.25, 0.3) is 0 Å². The Bertz CT molecular complexity index is 877. The number of nitro groups is 1. The van der Waals surface area contributed by atoms with Gasteiger partial charge in [-0.1, -0.05) is 13.0 Å². The molecule has 0 radical (unpaired) electrons. The molecule has 2 aromatic rings. The van der Waals surface area contributed by atoms with E-state index in [-0.39, 0.29) is 23.1 Å². The predicted molar refractivity (Wildman–Crippen MR) is 104 cm³/mol. The summed E-state index contributed by atoms with van der Waals surface area (Å²) in [5.74, 6) is -0.706. The zero-order valence-corrected chi connectivity index (χ0v) is 16.4. The number of carbonyl (C=O) groups excluding carboxylic acids is 2. The Labute approximate surface area is 163 Å². The fourth-order valence-electron chi connectivity index (χ4n) is 2.75. The van der Waals surface area contributed by atoms with Crippen molar-refractivity contribution < 1.29 is 14.5 Å². The molecular weight excluding hydrogens is 362 g/mol. The second kappa shape index (κ2) is 9.12. The standard InChI is InChI=1S/C19H25N5O4/c1-12(11-23-14(3)8-13(2)22-23)10-20-18(25)15(4)21-19(26)16-6-5-7-17(9-16)24(27)28/h5-9,12,15H,10-11H2,1-4H3,(H,20,25)(H,21,26). The zero-order chi connectivity index (χ0) is 20.8. The number of hydrogen-bond donors (Lipinski definition) is 2. The van der Waals surface area contributed by atoms with Gasteiger partial charge in [0.25, 0.3) is 11.6 Å². The van der Waals surface area contributed by atoms with E-state index < -0.39 is 16.9 Å². The summed E-state index contributed by atoms with van der Waals surface area (Å²) in [4.78, 5) is 34.7. The molecule has 2 atom stereocenters. The molecule has 0 aliphatic heterocycles. The van der Waals surface area contributed by atoms with Crippen LogP contribution in [0.15, 0.2) is 30.3 Å². The molecule has 150 valence electrons. The van der Waals surface area contributed by atoms with Gasteiger partial charge in [0.1, 0.15) is 6.04 Å². The minimum atomic E-state index is -0.771. The van der Waals surface area contributed by atoms with Gasteiger partial charge in [0.05, 0.1) is 10.6 Å². The number of aromatic nitrogens is 2. The van der Waals surface area contributed by atoms with Crippen LogP contribution in [0.1, 0.15) is 35.6 Å². The van der Waals surface area contributed by atoms with Crippen LogP contribution in [0.5, 0.6) is 0 Å². The maximum Gasteiger partial charge on any atom is 0.270 e. The van der Waals surface area contributed by atoms with Crippen LogP contribution in [-0.2, 0) is 11.3 Å². The molecule has 0 aliphatic carbocycles. The van der Waals surface area contributed by atoms with E-state index >= 15 is 0 Å². The lowest BCUT2D eigenvalue weighted by Crippen LogP contribution is -2.46. The van der Waals surface area contributed by atoms with Crippen molar-refractivity contribution in [3.8, 4) is 0 Å². The molecular formula is C19H25N5O4. The summed E-state index contributed by atoms with van der Waals surface area (Å²) in [7, 11) is 0. The number of nitro benzene ring substituents is 1. The SMILES string of the molecule is Cc1cc(C)n(CC(C)CNC(=O)C(C)NC(=O)c2cccc([N+](=O)[O-])c2)n1. The number of rotatable bonds is 8. The molecule has 1 aromatic carbocycles. The minimum absolute atomic E-state index is 0.131. The highest BCUT2D eigenvalue weighted by Gasteiger charge is 2.19. The minimum Gasteiger partial charge on any atom is -0.354 e. The van der Waals surface area contributed by atoms with Crippen LogP contribution in [0.2, 0.25) is 0 Å². The average molecular weight is 387 g/mol. The van der Waals surface area contributed by atoms with E-state index in [4.69, 9.17) is 0 Å². The average Bonchev–Trinajstić information content (AvgIpc) is 2.96. The van der Waals surface area contributed by atoms with Crippen LogP contribution in [0, 0.1) is 29.9 Å². The van der Waals surface area contributed by atoms with Crippen molar-refractivity contribution in [2.75, 3.05) is 6.54 Å². The van der Waals surface area contributed by atoms with Crippen molar-refractivity contribution in [1.29, 1.82) is 0 Å². The summed E-state index contributed by atoms with van der Waals surface area (Å²) in [6.45, 7) is 8.60. The van der Waals surface area contributed by atoms with Gasteiger partial charge in [-0.2, -0.15) is 5.10 Å². The van der Waals surface area contributed by atoms with Gasteiger partial charge in [0.2, 0.25) is 5.91 Å². The zero-order valence-electron chi connectivity index (χ0n) is 16.4. The predicted octanol–water partition coefficient (Wildman–Crippen LogP) is 1.98. The number of aryl methyl sites for hydroxylation is 2. The van der Waals surface area contributed by atoms with Crippen molar-refractivity contribution in [3.05, 3.63) is 57.4 Å². The summed E-state index contributed by atoms with van der Waals surface area (Å²) in [6.07, 6.45) is 0. The van der Waals surface area contributed by atoms with Gasteiger partial charge in [0.15, 0.2) is 0 Å². The highest BCUT2D eigenvalue weighted by atomic mass is 16.6. The summed E-state index contributed by atoms with van der Waals surface area (Å²) in [5, 5.41) is 20.6. The van der Waals surface area contributed by atoms with Crippen molar-refractivity contribution in [2.45, 2.75) is 40.3 Å². The molecule has 1 aromatic heterocycles. The Hall–Kier alpha value is -3.23. The number of carbonyl (C=O) groups is 2. The molecule has 1 heterocycles. The van der Waals surface area contributed by atoms with E-state index in [2.05, 4.69) is 15.7 Å². The second-order valence-corrected chi connectivity index (χ2v) is 6.96. The van der Waals surface area contributed by atoms with Crippen LogP contribution in [-0.4, -0.2) is 39.1 Å². The number of hydrogen-bond acceptors (Lipinski definition) is 5. The third-order valence-electron chi connectivity index (χ3n) is 4.27. The molecule has 2 amide bonds. The molecule has 2 unspecified atom stereocenters. The van der Waals surface area contributed by atoms with E-state index in [9.17, 15) is 19.7 Å². The molecule has 0 fully saturated rings.